The summed E-state index contributed by atoms with van der Waals surface area (Å²) >= 11 is 0. The summed E-state index contributed by atoms with van der Waals surface area (Å²) in [5.74, 6) is 1.46. The van der Waals surface area contributed by atoms with Gasteiger partial charge >= 0.3 is 0 Å². The monoisotopic (exact) mass is 250 g/mol. The van der Waals surface area contributed by atoms with Gasteiger partial charge in [-0.1, -0.05) is 12.8 Å². The highest BCUT2D eigenvalue weighted by atomic mass is 16.2. The van der Waals surface area contributed by atoms with Gasteiger partial charge in [-0.3, -0.25) is 4.79 Å². The molecule has 3 aliphatic rings. The Bertz CT molecular complexity index is 316. The standard InChI is InChI=1S/C15H26N2O/c16-13-8-7-12(10-13)15(18)17-9-3-5-11-4-1-2-6-14(11)17/h11-14H,1-10,16H2/t11-,12?,13?,14-/m1/s1. The summed E-state index contributed by atoms with van der Waals surface area (Å²) in [6, 6.07) is 0.836. The van der Waals surface area contributed by atoms with Crippen LogP contribution in [-0.4, -0.2) is 29.4 Å². The van der Waals surface area contributed by atoms with Gasteiger partial charge in [-0.05, 0) is 50.9 Å². The summed E-state index contributed by atoms with van der Waals surface area (Å²) < 4.78 is 0. The smallest absolute Gasteiger partial charge is 0.225 e. The Kier molecular flexibility index (Phi) is 3.60. The first-order valence-electron chi connectivity index (χ1n) is 7.82. The van der Waals surface area contributed by atoms with Gasteiger partial charge in [-0.25, -0.2) is 0 Å². The summed E-state index contributed by atoms with van der Waals surface area (Å²) in [7, 11) is 0. The average Bonchev–Trinajstić information content (AvgIpc) is 2.84. The molecule has 0 bridgehead atoms. The third-order valence-electron chi connectivity index (χ3n) is 5.35. The average molecular weight is 250 g/mol. The Morgan fingerprint density at radius 2 is 1.78 bits per heavy atom. The molecule has 3 heteroatoms. The SMILES string of the molecule is NC1CCC(C(=O)N2CCC[C@H]3CCCC[C@H]32)C1. The van der Waals surface area contributed by atoms with Crippen molar-refractivity contribution in [3.05, 3.63) is 0 Å². The lowest BCUT2D eigenvalue weighted by molar-refractivity contribution is -0.141. The van der Waals surface area contributed by atoms with Crippen LogP contribution in [0, 0.1) is 11.8 Å². The molecule has 0 aromatic heterocycles. The van der Waals surface area contributed by atoms with Crippen molar-refractivity contribution in [3.8, 4) is 0 Å². The van der Waals surface area contributed by atoms with Crippen LogP contribution < -0.4 is 5.73 Å². The first-order chi connectivity index (χ1) is 8.75. The Balaban J connectivity index is 1.68. The maximum atomic E-state index is 12.7. The van der Waals surface area contributed by atoms with Gasteiger partial charge in [0.25, 0.3) is 0 Å². The zero-order valence-electron chi connectivity index (χ0n) is 11.3. The van der Waals surface area contributed by atoms with Crippen molar-refractivity contribution in [2.75, 3.05) is 6.54 Å². The lowest BCUT2D eigenvalue weighted by Crippen LogP contribution is -2.51. The van der Waals surface area contributed by atoms with E-state index in [9.17, 15) is 4.79 Å². The largest absolute Gasteiger partial charge is 0.339 e. The normalized spacial score (nSPS) is 40.6. The number of carbonyl (C=O) groups is 1. The fourth-order valence-electron chi connectivity index (χ4n) is 4.37. The van der Waals surface area contributed by atoms with Gasteiger partial charge in [0.1, 0.15) is 0 Å². The van der Waals surface area contributed by atoms with E-state index in [0.29, 0.717) is 11.9 Å². The first-order valence-corrected chi connectivity index (χ1v) is 7.82. The number of amides is 1. The summed E-state index contributed by atoms with van der Waals surface area (Å²) in [6.07, 6.45) is 10.8. The number of piperidine rings is 1. The topological polar surface area (TPSA) is 46.3 Å². The van der Waals surface area contributed by atoms with Crippen molar-refractivity contribution >= 4 is 5.91 Å². The highest BCUT2D eigenvalue weighted by Crippen LogP contribution is 2.37. The van der Waals surface area contributed by atoms with Crippen molar-refractivity contribution in [1.29, 1.82) is 0 Å². The fourth-order valence-corrected chi connectivity index (χ4v) is 4.37. The molecule has 1 saturated heterocycles. The second kappa shape index (κ2) is 5.20. The van der Waals surface area contributed by atoms with Crippen LogP contribution in [0.15, 0.2) is 0 Å². The molecule has 0 aromatic carbocycles. The van der Waals surface area contributed by atoms with E-state index in [-0.39, 0.29) is 12.0 Å². The molecule has 1 aliphatic heterocycles. The fraction of sp³-hybridized carbons (Fsp3) is 0.933. The van der Waals surface area contributed by atoms with Gasteiger partial charge in [0, 0.05) is 24.5 Å². The van der Waals surface area contributed by atoms with E-state index in [1.807, 2.05) is 0 Å². The van der Waals surface area contributed by atoms with Crippen LogP contribution in [0.5, 0.6) is 0 Å². The van der Waals surface area contributed by atoms with Crippen LogP contribution in [0.4, 0.5) is 0 Å². The molecule has 0 radical (unpaired) electrons. The minimum atomic E-state index is 0.237. The number of fused-ring (bicyclic) bond motifs is 1. The van der Waals surface area contributed by atoms with E-state index in [1.165, 1.54) is 38.5 Å². The highest BCUT2D eigenvalue weighted by molar-refractivity contribution is 5.79. The van der Waals surface area contributed by atoms with Crippen LogP contribution in [0.2, 0.25) is 0 Å². The van der Waals surface area contributed by atoms with Crippen molar-refractivity contribution < 1.29 is 4.79 Å². The lowest BCUT2D eigenvalue weighted by Gasteiger charge is -2.45. The predicted octanol–water partition coefficient (Wildman–Crippen LogP) is 2.29. The number of hydrogen-bond donors (Lipinski definition) is 1. The molecule has 1 heterocycles. The molecule has 18 heavy (non-hydrogen) atoms. The molecule has 2 saturated carbocycles. The highest BCUT2D eigenvalue weighted by Gasteiger charge is 2.39. The number of hydrogen-bond acceptors (Lipinski definition) is 2. The summed E-state index contributed by atoms with van der Waals surface area (Å²) in [5, 5.41) is 0. The molecule has 4 atom stereocenters. The second-order valence-electron chi connectivity index (χ2n) is 6.56. The number of nitrogens with zero attached hydrogens (tertiary/aromatic N) is 1. The Morgan fingerprint density at radius 3 is 2.56 bits per heavy atom. The van der Waals surface area contributed by atoms with Crippen LogP contribution in [0.1, 0.15) is 57.8 Å². The van der Waals surface area contributed by atoms with E-state index < -0.39 is 0 Å². The van der Waals surface area contributed by atoms with Crippen LogP contribution in [-0.2, 0) is 4.79 Å². The number of nitrogens with two attached hydrogens (primary N) is 1. The van der Waals surface area contributed by atoms with Gasteiger partial charge in [-0.2, -0.15) is 0 Å². The second-order valence-corrected chi connectivity index (χ2v) is 6.56. The Hall–Kier alpha value is -0.570. The quantitative estimate of drug-likeness (QED) is 0.776. The maximum Gasteiger partial charge on any atom is 0.225 e. The van der Waals surface area contributed by atoms with Crippen molar-refractivity contribution in [2.24, 2.45) is 17.6 Å². The van der Waals surface area contributed by atoms with E-state index in [0.717, 1.165) is 31.7 Å². The Morgan fingerprint density at radius 1 is 1.00 bits per heavy atom. The van der Waals surface area contributed by atoms with Gasteiger partial charge < -0.3 is 10.6 Å². The molecule has 2 N–H and O–H groups in total. The van der Waals surface area contributed by atoms with E-state index in [1.54, 1.807) is 0 Å². The minimum Gasteiger partial charge on any atom is -0.339 e. The zero-order chi connectivity index (χ0) is 12.5. The minimum absolute atomic E-state index is 0.237. The molecule has 0 aromatic rings. The number of carbonyl (C=O) groups excluding carboxylic acids is 1. The molecule has 1 amide bonds. The van der Waals surface area contributed by atoms with Crippen molar-refractivity contribution in [3.63, 3.8) is 0 Å². The van der Waals surface area contributed by atoms with Gasteiger partial charge in [0.05, 0.1) is 0 Å². The molecule has 3 nitrogen and oxygen atoms in total. The molecular weight excluding hydrogens is 224 g/mol. The molecule has 102 valence electrons. The van der Waals surface area contributed by atoms with E-state index in [2.05, 4.69) is 4.90 Å². The summed E-state index contributed by atoms with van der Waals surface area (Å²) in [4.78, 5) is 14.9. The molecule has 3 fully saturated rings. The first kappa shape index (κ1) is 12.5. The number of rotatable bonds is 1. The lowest BCUT2D eigenvalue weighted by atomic mass is 9.78. The summed E-state index contributed by atoms with van der Waals surface area (Å²) in [6.45, 7) is 1.01. The molecule has 2 aliphatic carbocycles. The summed E-state index contributed by atoms with van der Waals surface area (Å²) in [5.41, 5.74) is 5.95. The van der Waals surface area contributed by atoms with Crippen LogP contribution >= 0.6 is 0 Å². The van der Waals surface area contributed by atoms with Crippen molar-refractivity contribution in [1.82, 2.24) is 4.90 Å². The van der Waals surface area contributed by atoms with Crippen LogP contribution in [0.25, 0.3) is 0 Å². The molecule has 3 rings (SSSR count). The van der Waals surface area contributed by atoms with Crippen molar-refractivity contribution in [2.45, 2.75) is 69.9 Å². The molecule has 2 unspecified atom stereocenters. The number of likely N-dealkylation sites (tertiary alicyclic amines) is 1. The third kappa shape index (κ3) is 2.29. The van der Waals surface area contributed by atoms with E-state index in [4.69, 9.17) is 5.73 Å². The predicted molar refractivity (Wildman–Crippen MR) is 72.0 cm³/mol. The third-order valence-corrected chi connectivity index (χ3v) is 5.35. The zero-order valence-corrected chi connectivity index (χ0v) is 11.3. The van der Waals surface area contributed by atoms with E-state index >= 15 is 0 Å². The van der Waals surface area contributed by atoms with Crippen LogP contribution in [0.3, 0.4) is 0 Å². The van der Waals surface area contributed by atoms with Gasteiger partial charge in [-0.15, -0.1) is 0 Å². The van der Waals surface area contributed by atoms with Gasteiger partial charge in [0.15, 0.2) is 0 Å². The molecular formula is C15H26N2O. The Labute approximate surface area is 110 Å². The van der Waals surface area contributed by atoms with Gasteiger partial charge in [0.2, 0.25) is 5.91 Å². The maximum absolute atomic E-state index is 12.7. The molecule has 0 spiro atoms.